The van der Waals surface area contributed by atoms with Gasteiger partial charge in [0.1, 0.15) is 22.7 Å². The lowest BCUT2D eigenvalue weighted by Gasteiger charge is -2.02. The van der Waals surface area contributed by atoms with Crippen LogP contribution in [0.5, 0.6) is 0 Å². The van der Waals surface area contributed by atoms with Crippen LogP contribution in [0.3, 0.4) is 0 Å². The Morgan fingerprint density at radius 2 is 1.77 bits per heavy atom. The normalized spacial score (nSPS) is 11.4. The van der Waals surface area contributed by atoms with Gasteiger partial charge in [-0.2, -0.15) is 5.10 Å². The van der Waals surface area contributed by atoms with Crippen LogP contribution in [-0.2, 0) is 0 Å². The predicted octanol–water partition coefficient (Wildman–Crippen LogP) is 5.37. The van der Waals surface area contributed by atoms with Gasteiger partial charge in [-0.1, -0.05) is 12.1 Å². The van der Waals surface area contributed by atoms with Gasteiger partial charge in [-0.25, -0.2) is 14.4 Å². The van der Waals surface area contributed by atoms with Crippen LogP contribution < -0.4 is 0 Å². The summed E-state index contributed by atoms with van der Waals surface area (Å²) in [6.45, 7) is 0. The van der Waals surface area contributed by atoms with Crippen molar-refractivity contribution in [3.63, 3.8) is 0 Å². The lowest BCUT2D eigenvalue weighted by molar-refractivity contribution is 0.628. The van der Waals surface area contributed by atoms with Crippen LogP contribution in [0.15, 0.2) is 79.3 Å². The van der Waals surface area contributed by atoms with Crippen LogP contribution in [-0.4, -0.2) is 30.1 Å². The van der Waals surface area contributed by atoms with Gasteiger partial charge in [0.15, 0.2) is 0 Å². The van der Waals surface area contributed by atoms with Gasteiger partial charge in [0, 0.05) is 29.5 Å². The number of halogens is 1. The average Bonchev–Trinajstić information content (AvgIpc) is 3.43. The fourth-order valence-electron chi connectivity index (χ4n) is 3.80. The first-order valence-electron chi connectivity index (χ1n) is 9.76. The molecule has 6 rings (SSSR count). The monoisotopic (exact) mass is 406 g/mol. The summed E-state index contributed by atoms with van der Waals surface area (Å²) in [6.07, 6.45) is 5.26. The van der Waals surface area contributed by atoms with Gasteiger partial charge in [0.2, 0.25) is 0 Å². The summed E-state index contributed by atoms with van der Waals surface area (Å²) in [4.78, 5) is 16.8. The zero-order valence-corrected chi connectivity index (χ0v) is 16.2. The van der Waals surface area contributed by atoms with Gasteiger partial charge in [0.25, 0.3) is 0 Å². The standard InChI is InChI=1S/C24H15FN6/c25-16-5-3-14(4-6-16)17-9-11-27-24-18(17)12-21(29-24)23-22-20(30-31-23)8-7-19(28-22)15-2-1-10-26-13-15/h1-13H,(H,27,29)(H,30,31). The van der Waals surface area contributed by atoms with Gasteiger partial charge in [0.05, 0.1) is 16.9 Å². The third-order valence-electron chi connectivity index (χ3n) is 5.31. The molecule has 0 amide bonds. The Hall–Kier alpha value is -4.39. The number of pyridine rings is 3. The van der Waals surface area contributed by atoms with Gasteiger partial charge in [-0.05, 0) is 59.7 Å². The zero-order chi connectivity index (χ0) is 20.8. The maximum atomic E-state index is 13.4. The highest BCUT2D eigenvalue weighted by molar-refractivity contribution is 5.99. The van der Waals surface area contributed by atoms with Crippen LogP contribution in [0.1, 0.15) is 0 Å². The van der Waals surface area contributed by atoms with E-state index in [4.69, 9.17) is 4.98 Å². The summed E-state index contributed by atoms with van der Waals surface area (Å²) in [5, 5.41) is 8.48. The Kier molecular flexibility index (Phi) is 3.86. The van der Waals surface area contributed by atoms with E-state index in [0.717, 1.165) is 50.1 Å². The molecule has 7 heteroatoms. The molecular formula is C24H15FN6. The number of aromatic amines is 2. The smallest absolute Gasteiger partial charge is 0.138 e. The van der Waals surface area contributed by atoms with E-state index < -0.39 is 0 Å². The Morgan fingerprint density at radius 1 is 0.871 bits per heavy atom. The lowest BCUT2D eigenvalue weighted by Crippen LogP contribution is -1.86. The molecule has 0 bridgehead atoms. The van der Waals surface area contributed by atoms with E-state index in [1.165, 1.54) is 12.1 Å². The number of aromatic nitrogens is 6. The molecule has 0 saturated carbocycles. The van der Waals surface area contributed by atoms with E-state index in [1.54, 1.807) is 30.7 Å². The number of hydrogen-bond donors (Lipinski definition) is 2. The largest absolute Gasteiger partial charge is 0.338 e. The van der Waals surface area contributed by atoms with Gasteiger partial charge < -0.3 is 4.98 Å². The quantitative estimate of drug-likeness (QED) is 0.414. The highest BCUT2D eigenvalue weighted by Gasteiger charge is 2.16. The SMILES string of the molecule is Fc1ccc(-c2ccnc3[nH]c(-c4n[nH]c5ccc(-c6cccnc6)nc45)cc23)cc1. The van der Waals surface area contributed by atoms with E-state index in [9.17, 15) is 4.39 Å². The first kappa shape index (κ1) is 17.5. The van der Waals surface area contributed by atoms with E-state index in [2.05, 4.69) is 25.1 Å². The van der Waals surface area contributed by atoms with Crippen LogP contribution in [0.4, 0.5) is 4.39 Å². The number of fused-ring (bicyclic) bond motifs is 2. The van der Waals surface area contributed by atoms with Crippen LogP contribution in [0.2, 0.25) is 0 Å². The van der Waals surface area contributed by atoms with Crippen molar-refractivity contribution in [2.45, 2.75) is 0 Å². The number of H-pyrrole nitrogens is 2. The topological polar surface area (TPSA) is 83.1 Å². The molecular weight excluding hydrogens is 391 g/mol. The summed E-state index contributed by atoms with van der Waals surface area (Å²) in [5.74, 6) is -0.262. The van der Waals surface area contributed by atoms with Crippen molar-refractivity contribution < 1.29 is 4.39 Å². The van der Waals surface area contributed by atoms with E-state index in [1.807, 2.05) is 36.4 Å². The Balaban J connectivity index is 1.51. The van der Waals surface area contributed by atoms with Crippen LogP contribution >= 0.6 is 0 Å². The zero-order valence-electron chi connectivity index (χ0n) is 16.2. The van der Waals surface area contributed by atoms with Crippen molar-refractivity contribution in [3.05, 3.63) is 85.1 Å². The fraction of sp³-hybridized carbons (Fsp3) is 0. The molecule has 0 aliphatic rings. The summed E-state index contributed by atoms with van der Waals surface area (Å²) < 4.78 is 13.4. The van der Waals surface area contributed by atoms with Crippen molar-refractivity contribution in [2.24, 2.45) is 0 Å². The number of benzene rings is 1. The second kappa shape index (κ2) is 6.84. The van der Waals surface area contributed by atoms with Gasteiger partial charge in [-0.15, -0.1) is 0 Å². The molecule has 0 atom stereocenters. The molecule has 6 aromatic rings. The van der Waals surface area contributed by atoms with Crippen LogP contribution in [0.25, 0.3) is 55.8 Å². The molecule has 1 aromatic carbocycles. The number of nitrogens with zero attached hydrogens (tertiary/aromatic N) is 4. The van der Waals surface area contributed by atoms with Crippen molar-refractivity contribution >= 4 is 22.1 Å². The lowest BCUT2D eigenvalue weighted by atomic mass is 10.0. The Morgan fingerprint density at radius 3 is 2.61 bits per heavy atom. The average molecular weight is 406 g/mol. The molecule has 5 aromatic heterocycles. The molecule has 0 fully saturated rings. The third kappa shape index (κ3) is 2.95. The number of rotatable bonds is 3. The minimum absolute atomic E-state index is 0.262. The van der Waals surface area contributed by atoms with Crippen molar-refractivity contribution in [1.82, 2.24) is 30.1 Å². The molecule has 6 nitrogen and oxygen atoms in total. The second-order valence-electron chi connectivity index (χ2n) is 7.22. The molecule has 0 aliphatic carbocycles. The molecule has 0 saturated heterocycles. The fourth-order valence-corrected chi connectivity index (χ4v) is 3.80. The highest BCUT2D eigenvalue weighted by Crippen LogP contribution is 2.33. The summed E-state index contributed by atoms with van der Waals surface area (Å²) >= 11 is 0. The van der Waals surface area contributed by atoms with E-state index >= 15 is 0 Å². The summed E-state index contributed by atoms with van der Waals surface area (Å²) in [5.41, 5.74) is 7.50. The summed E-state index contributed by atoms with van der Waals surface area (Å²) in [7, 11) is 0. The minimum Gasteiger partial charge on any atom is -0.338 e. The van der Waals surface area contributed by atoms with Crippen molar-refractivity contribution in [2.75, 3.05) is 0 Å². The van der Waals surface area contributed by atoms with Crippen LogP contribution in [0, 0.1) is 5.82 Å². The third-order valence-corrected chi connectivity index (χ3v) is 5.31. The Labute approximate surface area is 175 Å². The van der Waals surface area contributed by atoms with E-state index in [0.29, 0.717) is 5.69 Å². The van der Waals surface area contributed by atoms with Gasteiger partial charge in [-0.3, -0.25) is 10.1 Å². The highest BCUT2D eigenvalue weighted by atomic mass is 19.1. The molecule has 0 aliphatic heterocycles. The first-order valence-corrected chi connectivity index (χ1v) is 9.76. The molecule has 0 spiro atoms. The summed E-state index contributed by atoms with van der Waals surface area (Å²) in [6, 6.07) is 18.2. The predicted molar refractivity (Wildman–Crippen MR) is 118 cm³/mol. The Bertz CT molecular complexity index is 1530. The van der Waals surface area contributed by atoms with Gasteiger partial charge >= 0.3 is 0 Å². The maximum Gasteiger partial charge on any atom is 0.138 e. The van der Waals surface area contributed by atoms with Crippen molar-refractivity contribution in [3.8, 4) is 33.8 Å². The maximum absolute atomic E-state index is 13.4. The number of hydrogen-bond acceptors (Lipinski definition) is 4. The molecule has 0 unspecified atom stereocenters. The molecule has 0 radical (unpaired) electrons. The molecule has 31 heavy (non-hydrogen) atoms. The van der Waals surface area contributed by atoms with E-state index in [-0.39, 0.29) is 5.82 Å². The van der Waals surface area contributed by atoms with Crippen molar-refractivity contribution in [1.29, 1.82) is 0 Å². The first-order chi connectivity index (χ1) is 15.3. The second-order valence-corrected chi connectivity index (χ2v) is 7.22. The molecule has 148 valence electrons. The molecule has 5 heterocycles. The number of nitrogens with one attached hydrogen (secondary N) is 2. The molecule has 2 N–H and O–H groups in total. The minimum atomic E-state index is -0.262.